The molecular formula is C24H28N2O7. The summed E-state index contributed by atoms with van der Waals surface area (Å²) in [6, 6.07) is 11.6. The largest absolute Gasteiger partial charge is 0.497 e. The molecule has 0 aliphatic carbocycles. The summed E-state index contributed by atoms with van der Waals surface area (Å²) in [7, 11) is 5.89. The van der Waals surface area contributed by atoms with Gasteiger partial charge in [-0.25, -0.2) is 0 Å². The highest BCUT2D eigenvalue weighted by Gasteiger charge is 2.36. The van der Waals surface area contributed by atoms with Crippen LogP contribution in [0.1, 0.15) is 24.4 Å². The van der Waals surface area contributed by atoms with Crippen molar-refractivity contribution in [2.24, 2.45) is 5.92 Å². The molecule has 0 aromatic heterocycles. The Balaban J connectivity index is 1.76. The van der Waals surface area contributed by atoms with Crippen molar-refractivity contribution in [3.63, 3.8) is 0 Å². The summed E-state index contributed by atoms with van der Waals surface area (Å²) in [5, 5.41) is 2.91. The zero-order chi connectivity index (χ0) is 24.0. The van der Waals surface area contributed by atoms with E-state index in [0.717, 1.165) is 0 Å². The monoisotopic (exact) mass is 456 g/mol. The number of methoxy groups -OCH3 is 4. The standard InChI is InChI=1S/C24H28N2O7/c1-30-18-8-6-17(7-9-18)26-14-16(12-22(26)27)24(29)25-19(13-23(28)33-4)15-5-10-20(31-2)21(11-15)32-3/h5-11,16,19H,12-14H2,1-4H3,(H,25,29). The third-order valence-corrected chi connectivity index (χ3v) is 5.60. The number of amides is 2. The van der Waals surface area contributed by atoms with Gasteiger partial charge >= 0.3 is 5.97 Å². The molecule has 0 spiro atoms. The topological polar surface area (TPSA) is 103 Å². The molecular weight excluding hydrogens is 428 g/mol. The molecule has 1 saturated heterocycles. The molecule has 1 aliphatic rings. The van der Waals surface area contributed by atoms with Crippen LogP contribution in [0.4, 0.5) is 5.69 Å². The second-order valence-corrected chi connectivity index (χ2v) is 7.56. The van der Waals surface area contributed by atoms with Gasteiger partial charge in [0.05, 0.1) is 46.8 Å². The van der Waals surface area contributed by atoms with Gasteiger partial charge in [0.1, 0.15) is 5.75 Å². The van der Waals surface area contributed by atoms with Crippen LogP contribution in [0, 0.1) is 5.92 Å². The van der Waals surface area contributed by atoms with Gasteiger partial charge in [-0.15, -0.1) is 0 Å². The second kappa shape index (κ2) is 10.7. The second-order valence-electron chi connectivity index (χ2n) is 7.56. The molecule has 33 heavy (non-hydrogen) atoms. The summed E-state index contributed by atoms with van der Waals surface area (Å²) >= 11 is 0. The molecule has 1 aliphatic heterocycles. The smallest absolute Gasteiger partial charge is 0.307 e. The summed E-state index contributed by atoms with van der Waals surface area (Å²) < 4.78 is 20.6. The zero-order valence-corrected chi connectivity index (χ0v) is 19.1. The highest BCUT2D eigenvalue weighted by molar-refractivity contribution is 6.00. The van der Waals surface area contributed by atoms with Gasteiger partial charge in [0.2, 0.25) is 11.8 Å². The van der Waals surface area contributed by atoms with Crippen LogP contribution in [-0.4, -0.2) is 52.8 Å². The first-order valence-electron chi connectivity index (χ1n) is 10.4. The molecule has 2 unspecified atom stereocenters. The lowest BCUT2D eigenvalue weighted by atomic mass is 10.0. The maximum absolute atomic E-state index is 13.1. The van der Waals surface area contributed by atoms with E-state index in [0.29, 0.717) is 28.5 Å². The molecule has 0 radical (unpaired) electrons. The number of benzene rings is 2. The Bertz CT molecular complexity index is 1010. The van der Waals surface area contributed by atoms with Gasteiger partial charge < -0.3 is 29.2 Å². The zero-order valence-electron chi connectivity index (χ0n) is 19.1. The molecule has 2 aromatic rings. The minimum absolute atomic E-state index is 0.0689. The van der Waals surface area contributed by atoms with E-state index in [2.05, 4.69) is 5.32 Å². The van der Waals surface area contributed by atoms with E-state index in [1.807, 2.05) is 0 Å². The van der Waals surface area contributed by atoms with E-state index >= 15 is 0 Å². The molecule has 0 saturated carbocycles. The van der Waals surface area contributed by atoms with E-state index in [1.165, 1.54) is 21.3 Å². The lowest BCUT2D eigenvalue weighted by molar-refractivity contribution is -0.141. The lowest BCUT2D eigenvalue weighted by Crippen LogP contribution is -2.36. The Morgan fingerprint density at radius 3 is 2.30 bits per heavy atom. The van der Waals surface area contributed by atoms with E-state index in [4.69, 9.17) is 18.9 Å². The first kappa shape index (κ1) is 23.9. The average Bonchev–Trinajstić information content (AvgIpc) is 3.24. The van der Waals surface area contributed by atoms with Crippen LogP contribution in [0.3, 0.4) is 0 Å². The maximum atomic E-state index is 13.1. The number of nitrogens with zero attached hydrogens (tertiary/aromatic N) is 1. The van der Waals surface area contributed by atoms with Crippen molar-refractivity contribution in [1.29, 1.82) is 0 Å². The Labute approximate surface area is 192 Å². The Morgan fingerprint density at radius 2 is 1.70 bits per heavy atom. The number of carbonyl (C=O) groups excluding carboxylic acids is 3. The molecule has 176 valence electrons. The molecule has 0 bridgehead atoms. The normalized spacial score (nSPS) is 16.2. The van der Waals surface area contributed by atoms with E-state index in [-0.39, 0.29) is 31.2 Å². The Kier molecular flexibility index (Phi) is 7.76. The van der Waals surface area contributed by atoms with E-state index in [1.54, 1.807) is 54.5 Å². The van der Waals surface area contributed by atoms with Gasteiger partial charge in [-0.3, -0.25) is 14.4 Å². The van der Waals surface area contributed by atoms with E-state index in [9.17, 15) is 14.4 Å². The average molecular weight is 456 g/mol. The molecule has 1 heterocycles. The van der Waals surface area contributed by atoms with E-state index < -0.39 is 17.9 Å². The third kappa shape index (κ3) is 5.54. The number of rotatable bonds is 9. The number of carbonyl (C=O) groups is 3. The number of hydrogen-bond acceptors (Lipinski definition) is 7. The molecule has 1 N–H and O–H groups in total. The minimum atomic E-state index is -0.658. The summed E-state index contributed by atoms with van der Waals surface area (Å²) in [4.78, 5) is 39.3. The van der Waals surface area contributed by atoms with Gasteiger partial charge in [0.25, 0.3) is 0 Å². The van der Waals surface area contributed by atoms with Crippen LogP contribution in [0.2, 0.25) is 0 Å². The van der Waals surface area contributed by atoms with Crippen molar-refractivity contribution in [2.45, 2.75) is 18.9 Å². The fourth-order valence-corrected chi connectivity index (χ4v) is 3.76. The quantitative estimate of drug-likeness (QED) is 0.578. The van der Waals surface area contributed by atoms with Crippen LogP contribution in [0.25, 0.3) is 0 Å². The fraction of sp³-hybridized carbons (Fsp3) is 0.375. The SMILES string of the molecule is COC(=O)CC(NC(=O)C1CC(=O)N(c2ccc(OC)cc2)C1)c1ccc(OC)c(OC)c1. The minimum Gasteiger partial charge on any atom is -0.497 e. The van der Waals surface area contributed by atoms with Crippen molar-refractivity contribution in [3.8, 4) is 17.2 Å². The van der Waals surface area contributed by atoms with Crippen LogP contribution in [-0.2, 0) is 19.1 Å². The predicted octanol–water partition coefficient (Wildman–Crippen LogP) is 2.49. The van der Waals surface area contributed by atoms with Gasteiger partial charge in [-0.1, -0.05) is 6.07 Å². The van der Waals surface area contributed by atoms with Crippen molar-refractivity contribution in [3.05, 3.63) is 48.0 Å². The van der Waals surface area contributed by atoms with Crippen molar-refractivity contribution in [1.82, 2.24) is 5.32 Å². The molecule has 2 aromatic carbocycles. The first-order valence-corrected chi connectivity index (χ1v) is 10.4. The van der Waals surface area contributed by atoms with Crippen LogP contribution < -0.4 is 24.4 Å². The maximum Gasteiger partial charge on any atom is 0.307 e. The number of anilines is 1. The molecule has 2 amide bonds. The Hall–Kier alpha value is -3.75. The van der Waals surface area contributed by atoms with Crippen molar-refractivity contribution in [2.75, 3.05) is 39.9 Å². The summed E-state index contributed by atoms with van der Waals surface area (Å²) in [6.45, 7) is 0.244. The summed E-state index contributed by atoms with van der Waals surface area (Å²) in [6.07, 6.45) is 0.00925. The van der Waals surface area contributed by atoms with Crippen LogP contribution in [0.5, 0.6) is 17.2 Å². The van der Waals surface area contributed by atoms with Gasteiger partial charge in [-0.05, 0) is 42.0 Å². The number of nitrogens with one attached hydrogen (secondary N) is 1. The summed E-state index contributed by atoms with van der Waals surface area (Å²) in [5.41, 5.74) is 1.35. The van der Waals surface area contributed by atoms with Crippen LogP contribution in [0.15, 0.2) is 42.5 Å². The number of esters is 1. The molecule has 1 fully saturated rings. The van der Waals surface area contributed by atoms with Crippen LogP contribution >= 0.6 is 0 Å². The lowest BCUT2D eigenvalue weighted by Gasteiger charge is -2.22. The fourth-order valence-electron chi connectivity index (χ4n) is 3.76. The summed E-state index contributed by atoms with van der Waals surface area (Å²) in [5.74, 6) is 0.193. The molecule has 3 rings (SSSR count). The molecule has 2 atom stereocenters. The van der Waals surface area contributed by atoms with Gasteiger partial charge in [0, 0.05) is 18.7 Å². The molecule has 9 heteroatoms. The highest BCUT2D eigenvalue weighted by Crippen LogP contribution is 2.32. The number of ether oxygens (including phenoxy) is 4. The predicted molar refractivity (Wildman–Crippen MR) is 121 cm³/mol. The number of hydrogen-bond donors (Lipinski definition) is 1. The van der Waals surface area contributed by atoms with Crippen molar-refractivity contribution < 1.29 is 33.3 Å². The van der Waals surface area contributed by atoms with Crippen molar-refractivity contribution >= 4 is 23.5 Å². The Morgan fingerprint density at radius 1 is 1.00 bits per heavy atom. The van der Waals surface area contributed by atoms with Gasteiger partial charge in [0.15, 0.2) is 11.5 Å². The third-order valence-electron chi connectivity index (χ3n) is 5.60. The van der Waals surface area contributed by atoms with Gasteiger partial charge in [-0.2, -0.15) is 0 Å². The highest BCUT2D eigenvalue weighted by atomic mass is 16.5. The molecule has 9 nitrogen and oxygen atoms in total. The first-order chi connectivity index (χ1) is 15.9.